The van der Waals surface area contributed by atoms with Crippen molar-refractivity contribution in [3.8, 4) is 17.2 Å². The molecule has 1 heterocycles. The van der Waals surface area contributed by atoms with Crippen molar-refractivity contribution >= 4 is 17.9 Å². The van der Waals surface area contributed by atoms with Crippen LogP contribution in [-0.2, 0) is 17.8 Å². The summed E-state index contributed by atoms with van der Waals surface area (Å²) in [6, 6.07) is 13.3. The lowest BCUT2D eigenvalue weighted by Gasteiger charge is -2.20. The van der Waals surface area contributed by atoms with Crippen molar-refractivity contribution in [3.63, 3.8) is 0 Å². The molecule has 0 aliphatic heterocycles. The van der Waals surface area contributed by atoms with Gasteiger partial charge < -0.3 is 24.7 Å². The number of carbonyl (C=O) groups is 1. The lowest BCUT2D eigenvalue weighted by Crippen LogP contribution is -2.28. The molecule has 1 amide bonds. The SMILES string of the molecule is COc1ccc(COc2ccc(Cc3cnc(N)nc3NC(=O)OC(C)(C)C)cc2OC)cc1. The normalized spacial score (nSPS) is 11.0. The second-order valence-electron chi connectivity index (χ2n) is 8.53. The maximum absolute atomic E-state index is 12.2. The molecule has 3 rings (SSSR count). The van der Waals surface area contributed by atoms with Crippen LogP contribution in [0.2, 0.25) is 0 Å². The second-order valence-corrected chi connectivity index (χ2v) is 8.53. The predicted octanol–water partition coefficient (Wildman–Crippen LogP) is 4.59. The van der Waals surface area contributed by atoms with Crippen LogP contribution in [0.1, 0.15) is 37.5 Å². The third-order valence-corrected chi connectivity index (χ3v) is 4.68. The summed E-state index contributed by atoms with van der Waals surface area (Å²) in [6.07, 6.45) is 1.39. The number of methoxy groups -OCH3 is 2. The maximum atomic E-state index is 12.2. The van der Waals surface area contributed by atoms with E-state index >= 15 is 0 Å². The van der Waals surface area contributed by atoms with E-state index in [1.165, 1.54) is 0 Å². The van der Waals surface area contributed by atoms with Crippen LogP contribution in [0.3, 0.4) is 0 Å². The topological polar surface area (TPSA) is 118 Å². The van der Waals surface area contributed by atoms with E-state index in [4.69, 9.17) is 24.7 Å². The third kappa shape index (κ3) is 6.99. The van der Waals surface area contributed by atoms with Gasteiger partial charge >= 0.3 is 6.09 Å². The average Bonchev–Trinajstić information content (AvgIpc) is 2.79. The fourth-order valence-electron chi connectivity index (χ4n) is 3.10. The van der Waals surface area contributed by atoms with Gasteiger partial charge in [0.05, 0.1) is 14.2 Å². The average molecular weight is 467 g/mol. The highest BCUT2D eigenvalue weighted by Gasteiger charge is 2.19. The number of carbonyl (C=O) groups excluding carboxylic acids is 1. The fourth-order valence-corrected chi connectivity index (χ4v) is 3.10. The van der Waals surface area contributed by atoms with Gasteiger partial charge in [0.1, 0.15) is 23.8 Å². The number of ether oxygens (including phenoxy) is 4. The lowest BCUT2D eigenvalue weighted by molar-refractivity contribution is 0.0635. The Bertz CT molecular complexity index is 1130. The molecule has 0 fully saturated rings. The quantitative estimate of drug-likeness (QED) is 0.495. The van der Waals surface area contributed by atoms with E-state index in [2.05, 4.69) is 15.3 Å². The largest absolute Gasteiger partial charge is 0.497 e. The summed E-state index contributed by atoms with van der Waals surface area (Å²) in [5, 5.41) is 2.66. The number of anilines is 2. The van der Waals surface area contributed by atoms with Gasteiger partial charge in [-0.25, -0.2) is 9.78 Å². The molecule has 3 N–H and O–H groups in total. The Kier molecular flexibility index (Phi) is 7.78. The maximum Gasteiger partial charge on any atom is 0.413 e. The number of hydrogen-bond acceptors (Lipinski definition) is 8. The molecule has 0 spiro atoms. The van der Waals surface area contributed by atoms with Crippen molar-refractivity contribution in [3.05, 3.63) is 65.4 Å². The summed E-state index contributed by atoms with van der Waals surface area (Å²) in [4.78, 5) is 20.5. The molecule has 9 nitrogen and oxygen atoms in total. The molecule has 0 aliphatic carbocycles. The molecule has 0 atom stereocenters. The van der Waals surface area contributed by atoms with Crippen molar-refractivity contribution < 1.29 is 23.7 Å². The van der Waals surface area contributed by atoms with Crippen LogP contribution in [0.4, 0.5) is 16.6 Å². The zero-order valence-electron chi connectivity index (χ0n) is 20.0. The number of nitrogens with two attached hydrogens (primary N) is 1. The van der Waals surface area contributed by atoms with Gasteiger partial charge in [0.15, 0.2) is 11.5 Å². The van der Waals surface area contributed by atoms with Gasteiger partial charge in [-0.1, -0.05) is 18.2 Å². The first-order chi connectivity index (χ1) is 16.2. The molecule has 0 bridgehead atoms. The Labute approximate surface area is 199 Å². The van der Waals surface area contributed by atoms with Gasteiger partial charge in [0, 0.05) is 18.2 Å². The predicted molar refractivity (Wildman–Crippen MR) is 129 cm³/mol. The number of hydrogen-bond donors (Lipinski definition) is 2. The van der Waals surface area contributed by atoms with Crippen LogP contribution >= 0.6 is 0 Å². The minimum atomic E-state index is -0.641. The van der Waals surface area contributed by atoms with E-state index in [-0.39, 0.29) is 5.95 Å². The summed E-state index contributed by atoms with van der Waals surface area (Å²) in [5.41, 5.74) is 7.68. The monoisotopic (exact) mass is 466 g/mol. The molecule has 0 unspecified atom stereocenters. The first kappa shape index (κ1) is 24.6. The zero-order valence-corrected chi connectivity index (χ0v) is 20.0. The van der Waals surface area contributed by atoms with E-state index in [1.807, 2.05) is 42.5 Å². The molecule has 1 aromatic heterocycles. The third-order valence-electron chi connectivity index (χ3n) is 4.68. The number of rotatable bonds is 8. The van der Waals surface area contributed by atoms with Gasteiger partial charge in [-0.15, -0.1) is 0 Å². The second kappa shape index (κ2) is 10.7. The summed E-state index contributed by atoms with van der Waals surface area (Å²) >= 11 is 0. The van der Waals surface area contributed by atoms with Crippen LogP contribution in [0, 0.1) is 0 Å². The standard InChI is InChI=1S/C25H30N4O5/c1-25(2,3)34-24(30)29-22-18(14-27-23(26)28-22)12-17-8-11-20(21(13-17)32-5)33-15-16-6-9-19(31-4)10-7-16/h6-11,13-14H,12,15H2,1-5H3,(H3,26,27,28,29,30). The Morgan fingerprint density at radius 3 is 2.35 bits per heavy atom. The van der Waals surface area contributed by atoms with Crippen molar-refractivity contribution in [2.45, 2.75) is 39.4 Å². The van der Waals surface area contributed by atoms with E-state index in [9.17, 15) is 4.79 Å². The minimum absolute atomic E-state index is 0.0506. The van der Waals surface area contributed by atoms with Crippen LogP contribution in [0.25, 0.3) is 0 Å². The van der Waals surface area contributed by atoms with Crippen molar-refractivity contribution in [1.82, 2.24) is 9.97 Å². The molecule has 0 saturated heterocycles. The highest BCUT2D eigenvalue weighted by molar-refractivity contribution is 5.84. The first-order valence-electron chi connectivity index (χ1n) is 10.7. The number of nitrogens with zero attached hydrogens (tertiary/aromatic N) is 2. The fraction of sp³-hybridized carbons (Fsp3) is 0.320. The van der Waals surface area contributed by atoms with E-state index in [1.54, 1.807) is 41.2 Å². The van der Waals surface area contributed by atoms with Crippen LogP contribution in [0.5, 0.6) is 17.2 Å². The van der Waals surface area contributed by atoms with Crippen LogP contribution in [-0.4, -0.2) is 35.9 Å². The smallest absolute Gasteiger partial charge is 0.413 e. The van der Waals surface area contributed by atoms with E-state index in [0.29, 0.717) is 35.9 Å². The summed E-state index contributed by atoms with van der Waals surface area (Å²) < 4.78 is 22.0. The Morgan fingerprint density at radius 1 is 1.00 bits per heavy atom. The summed E-state index contributed by atoms with van der Waals surface area (Å²) in [5.74, 6) is 2.33. The summed E-state index contributed by atoms with van der Waals surface area (Å²) in [7, 11) is 3.21. The van der Waals surface area contributed by atoms with Crippen LogP contribution in [0.15, 0.2) is 48.7 Å². The number of aromatic nitrogens is 2. The molecule has 34 heavy (non-hydrogen) atoms. The molecule has 2 aromatic carbocycles. The molecule has 0 saturated carbocycles. The van der Waals surface area contributed by atoms with E-state index in [0.717, 1.165) is 16.9 Å². The van der Waals surface area contributed by atoms with E-state index < -0.39 is 11.7 Å². The summed E-state index contributed by atoms with van der Waals surface area (Å²) in [6.45, 7) is 5.74. The van der Waals surface area contributed by atoms with Gasteiger partial charge in [0.25, 0.3) is 0 Å². The first-order valence-corrected chi connectivity index (χ1v) is 10.7. The number of nitrogen functional groups attached to an aromatic ring is 1. The molecule has 9 heteroatoms. The molecule has 0 aliphatic rings. The highest BCUT2D eigenvalue weighted by atomic mass is 16.6. The molecular weight excluding hydrogens is 436 g/mol. The van der Waals surface area contributed by atoms with Crippen molar-refractivity contribution in [2.75, 3.05) is 25.3 Å². The Hall–Kier alpha value is -4.01. The van der Waals surface area contributed by atoms with Crippen molar-refractivity contribution in [1.29, 1.82) is 0 Å². The Balaban J connectivity index is 1.73. The lowest BCUT2D eigenvalue weighted by atomic mass is 10.1. The Morgan fingerprint density at radius 2 is 1.71 bits per heavy atom. The number of benzene rings is 2. The van der Waals surface area contributed by atoms with Gasteiger partial charge in [-0.05, 0) is 56.2 Å². The highest BCUT2D eigenvalue weighted by Crippen LogP contribution is 2.30. The van der Waals surface area contributed by atoms with Crippen LogP contribution < -0.4 is 25.3 Å². The van der Waals surface area contributed by atoms with Gasteiger partial charge in [0.2, 0.25) is 5.95 Å². The number of nitrogens with one attached hydrogen (secondary N) is 1. The minimum Gasteiger partial charge on any atom is -0.497 e. The number of amides is 1. The molecule has 3 aromatic rings. The van der Waals surface area contributed by atoms with Gasteiger partial charge in [-0.2, -0.15) is 4.98 Å². The van der Waals surface area contributed by atoms with Crippen molar-refractivity contribution in [2.24, 2.45) is 0 Å². The molecule has 0 radical (unpaired) electrons. The zero-order chi connectivity index (χ0) is 24.7. The van der Waals surface area contributed by atoms with Gasteiger partial charge in [-0.3, -0.25) is 5.32 Å². The molecule has 180 valence electrons. The molecular formula is C25H30N4O5.